The molecule has 0 fully saturated rings. The van der Waals surface area contributed by atoms with Crippen LogP contribution in [0, 0.1) is 11.2 Å². The minimum Gasteiger partial charge on any atom is -0.497 e. The van der Waals surface area contributed by atoms with Crippen LogP contribution in [0.25, 0.3) is 56.0 Å². The molecule has 1 amide bonds. The molecule has 0 bridgehead atoms. The number of imidazole rings is 1. The number of carbonyl (C=O) groups is 1. The van der Waals surface area contributed by atoms with Gasteiger partial charge in [-0.25, -0.2) is 14.4 Å². The number of para-hydroxylation sites is 1. The molecule has 10 heteroatoms. The Morgan fingerprint density at radius 1 is 0.950 bits per heavy atom. The van der Waals surface area contributed by atoms with Crippen LogP contribution < -0.4 is 10.1 Å². The highest BCUT2D eigenvalue weighted by atomic mass is 19.1. The number of hydrogen-bond acceptors (Lipinski definition) is 6. The van der Waals surface area contributed by atoms with E-state index in [0.717, 1.165) is 22.2 Å². The van der Waals surface area contributed by atoms with Crippen LogP contribution in [0.5, 0.6) is 5.75 Å². The van der Waals surface area contributed by atoms with Crippen LogP contribution in [0.1, 0.15) is 20.8 Å². The van der Waals surface area contributed by atoms with Gasteiger partial charge in [-0.05, 0) is 42.0 Å². The lowest BCUT2D eigenvalue weighted by molar-refractivity contribution is -0.123. The van der Waals surface area contributed by atoms with Crippen LogP contribution in [-0.2, 0) is 4.79 Å². The number of benzene rings is 2. The van der Waals surface area contributed by atoms with Crippen molar-refractivity contribution in [2.24, 2.45) is 5.41 Å². The summed E-state index contributed by atoms with van der Waals surface area (Å²) in [5.74, 6) is 0.446. The van der Waals surface area contributed by atoms with Gasteiger partial charge in [-0.3, -0.25) is 14.9 Å². The predicted molar refractivity (Wildman–Crippen MR) is 152 cm³/mol. The highest BCUT2D eigenvalue weighted by Crippen LogP contribution is 2.34. The number of amides is 1. The van der Waals surface area contributed by atoms with E-state index in [2.05, 4.69) is 25.5 Å². The molecule has 0 spiro atoms. The highest BCUT2D eigenvalue weighted by Gasteiger charge is 2.22. The molecule has 0 unspecified atom stereocenters. The molecule has 0 aliphatic carbocycles. The summed E-state index contributed by atoms with van der Waals surface area (Å²) in [6, 6.07) is 15.8. The van der Waals surface area contributed by atoms with Crippen molar-refractivity contribution in [2.75, 3.05) is 12.4 Å². The maximum absolute atomic E-state index is 14.3. The van der Waals surface area contributed by atoms with Crippen molar-refractivity contribution in [3.8, 4) is 39.7 Å². The third kappa shape index (κ3) is 4.64. The van der Waals surface area contributed by atoms with E-state index in [9.17, 15) is 9.18 Å². The van der Waals surface area contributed by atoms with Crippen molar-refractivity contribution in [2.45, 2.75) is 20.8 Å². The fourth-order valence-corrected chi connectivity index (χ4v) is 4.41. The van der Waals surface area contributed by atoms with Crippen molar-refractivity contribution in [3.05, 3.63) is 72.8 Å². The monoisotopic (exact) mass is 535 g/mol. The third-order valence-corrected chi connectivity index (χ3v) is 6.54. The Morgan fingerprint density at radius 3 is 2.60 bits per heavy atom. The van der Waals surface area contributed by atoms with Crippen molar-refractivity contribution in [1.29, 1.82) is 0 Å². The zero-order valence-corrected chi connectivity index (χ0v) is 22.3. The van der Waals surface area contributed by atoms with Gasteiger partial charge in [0.05, 0.1) is 41.2 Å². The molecule has 2 aromatic carbocycles. The van der Waals surface area contributed by atoms with Gasteiger partial charge in [0.2, 0.25) is 5.91 Å². The van der Waals surface area contributed by atoms with Crippen LogP contribution in [-0.4, -0.2) is 43.2 Å². The fraction of sp³-hybridized carbons (Fsp3) is 0.167. The average molecular weight is 536 g/mol. The highest BCUT2D eigenvalue weighted by molar-refractivity contribution is 5.97. The predicted octanol–water partition coefficient (Wildman–Crippen LogP) is 6.36. The number of carbonyl (C=O) groups excluding carboxylic acids is 1. The van der Waals surface area contributed by atoms with E-state index >= 15 is 0 Å². The van der Waals surface area contributed by atoms with Crippen LogP contribution in [0.4, 0.5) is 10.1 Å². The number of aromatic nitrogens is 6. The van der Waals surface area contributed by atoms with Gasteiger partial charge in [-0.2, -0.15) is 5.10 Å². The molecule has 4 heterocycles. The second-order valence-corrected chi connectivity index (χ2v) is 10.5. The molecule has 0 aliphatic rings. The molecule has 0 atom stereocenters. The SMILES string of the molecule is COc1cc(F)cc(-c2cccc3[nH]c(-c4n[nH]c5ccc(-c6cncc(NC(=O)C(C)(C)C)c6)nc45)nc23)c1. The summed E-state index contributed by atoms with van der Waals surface area (Å²) in [7, 11) is 1.50. The number of nitrogens with one attached hydrogen (secondary N) is 3. The van der Waals surface area contributed by atoms with E-state index in [1.807, 2.05) is 57.2 Å². The molecule has 6 rings (SSSR count). The largest absolute Gasteiger partial charge is 0.497 e. The molecular weight excluding hydrogens is 509 g/mol. The Balaban J connectivity index is 1.40. The number of anilines is 1. The van der Waals surface area contributed by atoms with E-state index in [1.54, 1.807) is 18.5 Å². The first-order valence-electron chi connectivity index (χ1n) is 12.7. The minimum atomic E-state index is -0.536. The van der Waals surface area contributed by atoms with Gasteiger partial charge in [0.25, 0.3) is 0 Å². The normalized spacial score (nSPS) is 11.7. The Hall–Kier alpha value is -5.12. The summed E-state index contributed by atoms with van der Waals surface area (Å²) in [5, 5.41) is 10.4. The number of halogens is 1. The van der Waals surface area contributed by atoms with Gasteiger partial charge in [0.15, 0.2) is 11.5 Å². The first kappa shape index (κ1) is 25.2. The molecule has 9 nitrogen and oxygen atoms in total. The summed E-state index contributed by atoms with van der Waals surface area (Å²) in [4.78, 5) is 29.8. The lowest BCUT2D eigenvalue weighted by Crippen LogP contribution is -2.27. The molecule has 0 saturated heterocycles. The minimum absolute atomic E-state index is 0.104. The van der Waals surface area contributed by atoms with E-state index in [1.165, 1.54) is 19.2 Å². The molecule has 4 aromatic heterocycles. The summed E-state index contributed by atoms with van der Waals surface area (Å²) in [6.07, 6.45) is 3.30. The van der Waals surface area contributed by atoms with Crippen LogP contribution in [0.2, 0.25) is 0 Å². The van der Waals surface area contributed by atoms with Gasteiger partial charge >= 0.3 is 0 Å². The van der Waals surface area contributed by atoms with Gasteiger partial charge in [0.1, 0.15) is 17.1 Å². The number of nitrogens with zero attached hydrogens (tertiary/aromatic N) is 4. The Morgan fingerprint density at radius 2 is 1.80 bits per heavy atom. The average Bonchev–Trinajstić information content (AvgIpc) is 3.56. The zero-order chi connectivity index (χ0) is 28.0. The van der Waals surface area contributed by atoms with Crippen molar-refractivity contribution in [1.82, 2.24) is 30.1 Å². The number of pyridine rings is 2. The molecule has 40 heavy (non-hydrogen) atoms. The van der Waals surface area contributed by atoms with Gasteiger partial charge in [-0.15, -0.1) is 0 Å². The fourth-order valence-electron chi connectivity index (χ4n) is 4.41. The Bertz CT molecular complexity index is 1900. The molecule has 200 valence electrons. The van der Waals surface area contributed by atoms with Crippen LogP contribution in [0.15, 0.2) is 67.0 Å². The molecule has 0 aliphatic heterocycles. The van der Waals surface area contributed by atoms with Gasteiger partial charge in [-0.1, -0.05) is 32.9 Å². The van der Waals surface area contributed by atoms with E-state index < -0.39 is 11.2 Å². The molecule has 6 aromatic rings. The lowest BCUT2D eigenvalue weighted by Gasteiger charge is -2.17. The standard InChI is InChI=1S/C30H26FN7O2/c1-30(2,3)29(39)33-19-11-17(14-32-15-19)22-8-9-24-26(34-22)27(38-37-24)28-35-23-7-5-6-21(25(23)36-28)16-10-18(31)13-20(12-16)40-4/h5-15H,1-4H3,(H,33,39)(H,35,36)(H,37,38). The Labute approximate surface area is 228 Å². The first-order chi connectivity index (χ1) is 19.2. The maximum atomic E-state index is 14.3. The topological polar surface area (TPSA) is 121 Å². The van der Waals surface area contributed by atoms with Gasteiger partial charge < -0.3 is 15.0 Å². The molecule has 0 radical (unpaired) electrons. The number of fused-ring (bicyclic) bond motifs is 2. The zero-order valence-electron chi connectivity index (χ0n) is 22.3. The van der Waals surface area contributed by atoms with Crippen LogP contribution in [0.3, 0.4) is 0 Å². The second-order valence-electron chi connectivity index (χ2n) is 10.5. The first-order valence-corrected chi connectivity index (χ1v) is 12.7. The Kier molecular flexibility index (Phi) is 6.02. The summed E-state index contributed by atoms with van der Waals surface area (Å²) in [5.41, 5.74) is 6.21. The number of methoxy groups -OCH3 is 1. The summed E-state index contributed by atoms with van der Waals surface area (Å²) in [6.45, 7) is 5.56. The quantitative estimate of drug-likeness (QED) is 0.236. The van der Waals surface area contributed by atoms with Crippen molar-refractivity contribution in [3.63, 3.8) is 0 Å². The second kappa shape index (κ2) is 9.57. The number of H-pyrrole nitrogens is 2. The number of hydrogen-bond donors (Lipinski definition) is 3. The summed E-state index contributed by atoms with van der Waals surface area (Å²) < 4.78 is 19.5. The van der Waals surface area contributed by atoms with Crippen molar-refractivity contribution >= 4 is 33.7 Å². The van der Waals surface area contributed by atoms with E-state index in [-0.39, 0.29) is 5.91 Å². The van der Waals surface area contributed by atoms with Crippen molar-refractivity contribution < 1.29 is 13.9 Å². The number of ether oxygens (including phenoxy) is 1. The van der Waals surface area contributed by atoms with E-state index in [0.29, 0.717) is 45.2 Å². The molecular formula is C30H26FN7O2. The van der Waals surface area contributed by atoms with Crippen LogP contribution >= 0.6 is 0 Å². The van der Waals surface area contributed by atoms with Gasteiger partial charge in [0, 0.05) is 28.8 Å². The number of aromatic amines is 2. The maximum Gasteiger partial charge on any atom is 0.229 e. The summed E-state index contributed by atoms with van der Waals surface area (Å²) >= 11 is 0. The smallest absolute Gasteiger partial charge is 0.229 e. The molecule has 0 saturated carbocycles. The molecule has 3 N–H and O–H groups in total. The lowest BCUT2D eigenvalue weighted by atomic mass is 9.95. The number of rotatable bonds is 5. The third-order valence-electron chi connectivity index (χ3n) is 6.54. The van der Waals surface area contributed by atoms with E-state index in [4.69, 9.17) is 14.7 Å².